The Morgan fingerprint density at radius 2 is 2.07 bits per heavy atom. The summed E-state index contributed by atoms with van der Waals surface area (Å²) in [6.07, 6.45) is 10.2. The molecule has 0 amide bonds. The van der Waals surface area contributed by atoms with Crippen molar-refractivity contribution in [3.8, 4) is 0 Å². The summed E-state index contributed by atoms with van der Waals surface area (Å²) in [7, 11) is 0. The van der Waals surface area contributed by atoms with Crippen molar-refractivity contribution >= 4 is 5.97 Å². The van der Waals surface area contributed by atoms with Gasteiger partial charge in [0.1, 0.15) is 6.10 Å². The van der Waals surface area contributed by atoms with Gasteiger partial charge in [-0.3, -0.25) is 0 Å². The Kier molecular flexibility index (Phi) is 5.16. The van der Waals surface area contributed by atoms with Crippen molar-refractivity contribution < 1.29 is 9.53 Å². The zero-order chi connectivity index (χ0) is 11.1. The zero-order valence-corrected chi connectivity index (χ0v) is 9.50. The van der Waals surface area contributed by atoms with Crippen LogP contribution < -0.4 is 0 Å². The van der Waals surface area contributed by atoms with Gasteiger partial charge in [0.25, 0.3) is 0 Å². The fourth-order valence-electron chi connectivity index (χ4n) is 1.77. The van der Waals surface area contributed by atoms with E-state index in [-0.39, 0.29) is 12.1 Å². The van der Waals surface area contributed by atoms with Crippen LogP contribution in [0.25, 0.3) is 0 Å². The van der Waals surface area contributed by atoms with Gasteiger partial charge in [0.2, 0.25) is 0 Å². The van der Waals surface area contributed by atoms with Crippen molar-refractivity contribution in [2.24, 2.45) is 0 Å². The molecule has 0 unspecified atom stereocenters. The van der Waals surface area contributed by atoms with Crippen LogP contribution in [-0.4, -0.2) is 12.1 Å². The fourth-order valence-corrected chi connectivity index (χ4v) is 1.77. The molecule has 0 aromatic carbocycles. The molecule has 1 aliphatic carbocycles. The molecule has 0 aromatic rings. The molecule has 1 saturated carbocycles. The molecule has 0 bridgehead atoms. The van der Waals surface area contributed by atoms with Gasteiger partial charge in [-0.15, -0.1) is 6.58 Å². The molecule has 0 N–H and O–H groups in total. The quantitative estimate of drug-likeness (QED) is 0.402. The third-order valence-electron chi connectivity index (χ3n) is 2.74. The first-order chi connectivity index (χ1) is 7.24. The molecule has 84 valence electrons. The molecule has 0 radical (unpaired) electrons. The molecule has 15 heavy (non-hydrogen) atoms. The van der Waals surface area contributed by atoms with Crippen LogP contribution in [0.2, 0.25) is 0 Å². The van der Waals surface area contributed by atoms with Crippen LogP contribution in [0.4, 0.5) is 0 Å². The number of hydrogen-bond donors (Lipinski definition) is 0. The highest BCUT2D eigenvalue weighted by Crippen LogP contribution is 2.21. The summed E-state index contributed by atoms with van der Waals surface area (Å²) in [5.41, 5.74) is 0.695. The lowest BCUT2D eigenvalue weighted by Crippen LogP contribution is -2.21. The molecule has 0 atom stereocenters. The van der Waals surface area contributed by atoms with Crippen molar-refractivity contribution in [2.45, 2.75) is 51.6 Å². The lowest BCUT2D eigenvalue weighted by Gasteiger charge is -2.21. The third kappa shape index (κ3) is 4.32. The van der Waals surface area contributed by atoms with Gasteiger partial charge in [0.15, 0.2) is 0 Å². The summed E-state index contributed by atoms with van der Waals surface area (Å²) in [5.74, 6) is -0.163. The van der Waals surface area contributed by atoms with Crippen LogP contribution in [0.3, 0.4) is 0 Å². The second-order valence-electron chi connectivity index (χ2n) is 4.08. The van der Waals surface area contributed by atoms with E-state index in [1.54, 1.807) is 13.0 Å². The molecule has 1 fully saturated rings. The number of hydrogen-bond acceptors (Lipinski definition) is 2. The summed E-state index contributed by atoms with van der Waals surface area (Å²) in [5, 5.41) is 0. The first-order valence-electron chi connectivity index (χ1n) is 5.72. The molecule has 2 heteroatoms. The summed E-state index contributed by atoms with van der Waals surface area (Å²) < 4.78 is 5.41. The largest absolute Gasteiger partial charge is 0.459 e. The molecule has 0 spiro atoms. The van der Waals surface area contributed by atoms with E-state index in [4.69, 9.17) is 4.74 Å². The van der Waals surface area contributed by atoms with Gasteiger partial charge in [0, 0.05) is 5.57 Å². The Balaban J connectivity index is 2.36. The number of esters is 1. The number of ether oxygens (including phenoxy) is 1. The normalized spacial score (nSPS) is 18.6. The number of carbonyl (C=O) groups is 1. The predicted molar refractivity (Wildman–Crippen MR) is 61.5 cm³/mol. The van der Waals surface area contributed by atoms with E-state index in [0.29, 0.717) is 5.57 Å². The maximum absolute atomic E-state index is 11.6. The Hall–Kier alpha value is -1.05. The van der Waals surface area contributed by atoms with Crippen molar-refractivity contribution in [3.05, 3.63) is 24.3 Å². The highest BCUT2D eigenvalue weighted by atomic mass is 16.5. The Morgan fingerprint density at radius 1 is 1.40 bits per heavy atom. The number of allylic oxidation sites excluding steroid dienone is 2. The second kappa shape index (κ2) is 6.44. The topological polar surface area (TPSA) is 26.3 Å². The molecular formula is C13H20O2. The lowest BCUT2D eigenvalue weighted by molar-refractivity contribution is -0.145. The zero-order valence-electron chi connectivity index (χ0n) is 9.50. The van der Waals surface area contributed by atoms with E-state index in [2.05, 4.69) is 6.58 Å². The van der Waals surface area contributed by atoms with Crippen molar-refractivity contribution in [2.75, 3.05) is 0 Å². The smallest absolute Gasteiger partial charge is 0.333 e. The monoisotopic (exact) mass is 208 g/mol. The average molecular weight is 208 g/mol. The summed E-state index contributed by atoms with van der Waals surface area (Å²) in [6, 6.07) is 0. The minimum absolute atomic E-state index is 0.151. The Bertz CT molecular complexity index is 247. The van der Waals surface area contributed by atoms with Crippen LogP contribution >= 0.6 is 0 Å². The third-order valence-corrected chi connectivity index (χ3v) is 2.74. The molecule has 0 heterocycles. The van der Waals surface area contributed by atoms with Crippen LogP contribution in [0.15, 0.2) is 24.3 Å². The highest BCUT2D eigenvalue weighted by Gasteiger charge is 2.17. The van der Waals surface area contributed by atoms with Gasteiger partial charge in [-0.1, -0.05) is 18.6 Å². The van der Waals surface area contributed by atoms with E-state index < -0.39 is 0 Å². The van der Waals surface area contributed by atoms with Crippen molar-refractivity contribution in [3.63, 3.8) is 0 Å². The minimum Gasteiger partial charge on any atom is -0.459 e. The summed E-state index contributed by atoms with van der Waals surface area (Å²) >= 11 is 0. The second-order valence-corrected chi connectivity index (χ2v) is 4.08. The Morgan fingerprint density at radius 3 is 2.67 bits per heavy atom. The number of rotatable bonds is 4. The van der Waals surface area contributed by atoms with Crippen molar-refractivity contribution in [1.82, 2.24) is 0 Å². The molecule has 1 aliphatic rings. The van der Waals surface area contributed by atoms with Gasteiger partial charge in [-0.2, -0.15) is 0 Å². The van der Waals surface area contributed by atoms with Crippen LogP contribution in [0, 0.1) is 0 Å². The maximum atomic E-state index is 11.6. The van der Waals surface area contributed by atoms with E-state index in [1.165, 1.54) is 19.3 Å². The Labute approximate surface area is 92.0 Å². The predicted octanol–water partition coefficient (Wildman–Crippen LogP) is 3.38. The van der Waals surface area contributed by atoms with Gasteiger partial charge >= 0.3 is 5.97 Å². The SMILES string of the molecule is C=CCC=C(C)C(=O)OC1CCCCC1. The van der Waals surface area contributed by atoms with Gasteiger partial charge in [0.05, 0.1) is 0 Å². The van der Waals surface area contributed by atoms with E-state index >= 15 is 0 Å². The lowest BCUT2D eigenvalue weighted by atomic mass is 9.98. The van der Waals surface area contributed by atoms with E-state index in [1.807, 2.05) is 6.08 Å². The van der Waals surface area contributed by atoms with Crippen LogP contribution in [0.5, 0.6) is 0 Å². The van der Waals surface area contributed by atoms with Gasteiger partial charge < -0.3 is 4.74 Å². The van der Waals surface area contributed by atoms with E-state index in [0.717, 1.165) is 19.3 Å². The molecule has 0 aliphatic heterocycles. The van der Waals surface area contributed by atoms with Crippen molar-refractivity contribution in [1.29, 1.82) is 0 Å². The van der Waals surface area contributed by atoms with Gasteiger partial charge in [-0.05, 0) is 39.0 Å². The summed E-state index contributed by atoms with van der Waals surface area (Å²) in [4.78, 5) is 11.6. The first-order valence-corrected chi connectivity index (χ1v) is 5.72. The molecule has 1 rings (SSSR count). The van der Waals surface area contributed by atoms with E-state index in [9.17, 15) is 4.79 Å². The molecule has 0 saturated heterocycles. The molecular weight excluding hydrogens is 188 g/mol. The summed E-state index contributed by atoms with van der Waals surface area (Å²) in [6.45, 7) is 5.41. The average Bonchev–Trinajstić information content (AvgIpc) is 2.27. The van der Waals surface area contributed by atoms with Crippen LogP contribution in [0.1, 0.15) is 45.4 Å². The number of carbonyl (C=O) groups excluding carboxylic acids is 1. The van der Waals surface area contributed by atoms with Gasteiger partial charge in [-0.25, -0.2) is 4.79 Å². The minimum atomic E-state index is -0.163. The molecule has 0 aromatic heterocycles. The molecule has 2 nitrogen and oxygen atoms in total. The highest BCUT2D eigenvalue weighted by molar-refractivity contribution is 5.87. The maximum Gasteiger partial charge on any atom is 0.333 e. The van der Waals surface area contributed by atoms with Crippen LogP contribution in [-0.2, 0) is 9.53 Å². The standard InChI is InChI=1S/C13H20O2/c1-3-4-8-11(2)13(14)15-12-9-6-5-7-10-12/h3,8,12H,1,4-7,9-10H2,2H3. The fraction of sp³-hybridized carbons (Fsp3) is 0.615. The first kappa shape index (κ1) is 12.0.